The van der Waals surface area contributed by atoms with Gasteiger partial charge in [0.05, 0.1) is 7.11 Å². The normalized spacial score (nSPS) is 24.6. The largest absolute Gasteiger partial charge is 0.493 e. The molecule has 1 heterocycles. The highest BCUT2D eigenvalue weighted by Crippen LogP contribution is 2.32. The van der Waals surface area contributed by atoms with Gasteiger partial charge in [0, 0.05) is 27.7 Å². The fourth-order valence-corrected chi connectivity index (χ4v) is 3.23. The Bertz CT molecular complexity index is 842. The van der Waals surface area contributed by atoms with Gasteiger partial charge in [0.15, 0.2) is 23.7 Å². The standard InChI is InChI=1S/C21H27NO10/c1-11(23)22-18-20(30-14(4)26)19(29-13(3)25)17(10-28-12(2)24)32-21(18)31-16-9-7-6-8-15(16)27-5/h6-9,17-21H,10H2,1-5H3,(H,22,23)/t17-,18+,19+,20+,21-/m0/s1. The molecule has 0 bridgehead atoms. The molecule has 1 aliphatic heterocycles. The quantitative estimate of drug-likeness (QED) is 0.443. The molecule has 11 nitrogen and oxygen atoms in total. The second-order valence-corrected chi connectivity index (χ2v) is 6.99. The van der Waals surface area contributed by atoms with Crippen molar-refractivity contribution >= 4 is 23.8 Å². The highest BCUT2D eigenvalue weighted by molar-refractivity contribution is 5.73. The van der Waals surface area contributed by atoms with Crippen LogP contribution in [0.2, 0.25) is 0 Å². The van der Waals surface area contributed by atoms with E-state index in [0.29, 0.717) is 5.75 Å². The smallest absolute Gasteiger partial charge is 0.303 e. The van der Waals surface area contributed by atoms with Gasteiger partial charge in [-0.1, -0.05) is 12.1 Å². The summed E-state index contributed by atoms with van der Waals surface area (Å²) in [6.07, 6.45) is -4.66. The van der Waals surface area contributed by atoms with Gasteiger partial charge in [0.2, 0.25) is 12.2 Å². The van der Waals surface area contributed by atoms with Crippen LogP contribution in [0.3, 0.4) is 0 Å². The number of ether oxygens (including phenoxy) is 6. The van der Waals surface area contributed by atoms with Crippen molar-refractivity contribution in [1.29, 1.82) is 0 Å². The lowest BCUT2D eigenvalue weighted by Crippen LogP contribution is -2.67. The lowest BCUT2D eigenvalue weighted by molar-refractivity contribution is -0.257. The molecule has 0 saturated carbocycles. The first kappa shape index (κ1) is 24.9. The van der Waals surface area contributed by atoms with Crippen LogP contribution in [0, 0.1) is 0 Å². The first-order chi connectivity index (χ1) is 15.1. The topological polar surface area (TPSA) is 136 Å². The second-order valence-electron chi connectivity index (χ2n) is 6.99. The zero-order chi connectivity index (χ0) is 23.8. The number of amides is 1. The van der Waals surface area contributed by atoms with Gasteiger partial charge in [0.1, 0.15) is 18.8 Å². The number of para-hydroxylation sites is 2. The molecule has 0 aliphatic carbocycles. The Labute approximate surface area is 185 Å². The SMILES string of the molecule is COc1ccccc1O[C@H]1O[C@@H](COC(C)=O)[C@@H](OC(C)=O)[C@H](OC(C)=O)[C@H]1NC(C)=O. The third-order valence-electron chi connectivity index (χ3n) is 4.38. The first-order valence-electron chi connectivity index (χ1n) is 9.82. The van der Waals surface area contributed by atoms with Gasteiger partial charge in [-0.25, -0.2) is 0 Å². The monoisotopic (exact) mass is 453 g/mol. The molecule has 1 saturated heterocycles. The number of benzene rings is 1. The molecule has 5 atom stereocenters. The maximum Gasteiger partial charge on any atom is 0.303 e. The maximum absolute atomic E-state index is 11.9. The van der Waals surface area contributed by atoms with Crippen LogP contribution >= 0.6 is 0 Å². The number of carbonyl (C=O) groups is 4. The van der Waals surface area contributed by atoms with E-state index in [1.807, 2.05) is 0 Å². The van der Waals surface area contributed by atoms with Crippen molar-refractivity contribution in [1.82, 2.24) is 5.32 Å². The van der Waals surface area contributed by atoms with Gasteiger partial charge >= 0.3 is 17.9 Å². The summed E-state index contributed by atoms with van der Waals surface area (Å²) < 4.78 is 33.0. The highest BCUT2D eigenvalue weighted by Gasteiger charge is 2.52. The van der Waals surface area contributed by atoms with E-state index >= 15 is 0 Å². The predicted molar refractivity (Wildman–Crippen MR) is 108 cm³/mol. The molecule has 1 aromatic rings. The molecule has 0 spiro atoms. The minimum absolute atomic E-state index is 0.286. The van der Waals surface area contributed by atoms with Crippen LogP contribution in [-0.4, -0.2) is 68.2 Å². The molecule has 0 unspecified atom stereocenters. The number of nitrogens with one attached hydrogen (secondary N) is 1. The van der Waals surface area contributed by atoms with Crippen molar-refractivity contribution in [3.8, 4) is 11.5 Å². The molecule has 11 heteroatoms. The summed E-state index contributed by atoms with van der Waals surface area (Å²) in [7, 11) is 1.46. The lowest BCUT2D eigenvalue weighted by atomic mass is 9.96. The average molecular weight is 453 g/mol. The van der Waals surface area contributed by atoms with E-state index in [9.17, 15) is 19.2 Å². The molecule has 0 radical (unpaired) electrons. The van der Waals surface area contributed by atoms with Crippen molar-refractivity contribution in [2.75, 3.05) is 13.7 Å². The summed E-state index contributed by atoms with van der Waals surface area (Å²) in [4.78, 5) is 46.9. The fourth-order valence-electron chi connectivity index (χ4n) is 3.23. The third kappa shape index (κ3) is 6.84. The Hall–Kier alpha value is -3.34. The average Bonchev–Trinajstić information content (AvgIpc) is 2.70. The minimum atomic E-state index is -1.22. The minimum Gasteiger partial charge on any atom is -0.493 e. The third-order valence-corrected chi connectivity index (χ3v) is 4.38. The van der Waals surface area contributed by atoms with Gasteiger partial charge in [-0.15, -0.1) is 0 Å². The maximum atomic E-state index is 11.9. The summed E-state index contributed by atoms with van der Waals surface area (Å²) in [5.74, 6) is -1.76. The van der Waals surface area contributed by atoms with Crippen LogP contribution in [0.4, 0.5) is 0 Å². The summed E-state index contributed by atoms with van der Waals surface area (Å²) in [5.41, 5.74) is 0. The number of hydrogen-bond donors (Lipinski definition) is 1. The summed E-state index contributed by atoms with van der Waals surface area (Å²) in [5, 5.41) is 2.63. The van der Waals surface area contributed by atoms with Crippen LogP contribution in [0.5, 0.6) is 11.5 Å². The van der Waals surface area contributed by atoms with Crippen molar-refractivity contribution in [2.24, 2.45) is 0 Å². The van der Waals surface area contributed by atoms with Gasteiger partial charge in [-0.05, 0) is 12.1 Å². The lowest BCUT2D eigenvalue weighted by Gasteiger charge is -2.44. The van der Waals surface area contributed by atoms with Crippen molar-refractivity contribution in [2.45, 2.75) is 58.3 Å². The van der Waals surface area contributed by atoms with Gasteiger partial charge in [-0.2, -0.15) is 0 Å². The Kier molecular flexibility index (Phi) is 8.82. The summed E-state index contributed by atoms with van der Waals surface area (Å²) in [6.45, 7) is 4.48. The molecule has 1 fully saturated rings. The molecule has 1 aromatic carbocycles. The number of rotatable bonds is 8. The van der Waals surface area contributed by atoms with Gasteiger partial charge in [0.25, 0.3) is 0 Å². The molecular formula is C21H27NO10. The fraction of sp³-hybridized carbons (Fsp3) is 0.524. The molecule has 32 heavy (non-hydrogen) atoms. The van der Waals surface area contributed by atoms with Crippen LogP contribution < -0.4 is 14.8 Å². The van der Waals surface area contributed by atoms with Crippen LogP contribution in [0.15, 0.2) is 24.3 Å². The van der Waals surface area contributed by atoms with E-state index in [0.717, 1.165) is 0 Å². The van der Waals surface area contributed by atoms with Crippen molar-refractivity contribution in [3.05, 3.63) is 24.3 Å². The Morgan fingerprint density at radius 2 is 1.50 bits per heavy atom. The van der Waals surface area contributed by atoms with Crippen LogP contribution in [0.25, 0.3) is 0 Å². The van der Waals surface area contributed by atoms with E-state index in [-0.39, 0.29) is 12.4 Å². The molecule has 1 aliphatic rings. The van der Waals surface area contributed by atoms with E-state index in [2.05, 4.69) is 5.32 Å². The predicted octanol–water partition coefficient (Wildman–Crippen LogP) is 0.730. The Morgan fingerprint density at radius 3 is 2.03 bits per heavy atom. The van der Waals surface area contributed by atoms with Crippen LogP contribution in [-0.2, 0) is 38.1 Å². The molecule has 176 valence electrons. The molecular weight excluding hydrogens is 426 g/mol. The molecule has 2 rings (SSSR count). The summed E-state index contributed by atoms with van der Waals surface area (Å²) in [6, 6.07) is 5.65. The summed E-state index contributed by atoms with van der Waals surface area (Å²) >= 11 is 0. The zero-order valence-corrected chi connectivity index (χ0v) is 18.5. The molecule has 1 N–H and O–H groups in total. The zero-order valence-electron chi connectivity index (χ0n) is 18.5. The second kappa shape index (κ2) is 11.3. The van der Waals surface area contributed by atoms with Crippen molar-refractivity contribution < 1.29 is 47.6 Å². The van der Waals surface area contributed by atoms with Gasteiger partial charge < -0.3 is 33.7 Å². The Morgan fingerprint density at radius 1 is 0.906 bits per heavy atom. The van der Waals surface area contributed by atoms with Gasteiger partial charge in [-0.3, -0.25) is 19.2 Å². The first-order valence-corrected chi connectivity index (χ1v) is 9.82. The van der Waals surface area contributed by atoms with E-state index in [4.69, 9.17) is 28.4 Å². The number of methoxy groups -OCH3 is 1. The number of esters is 3. The number of carbonyl (C=O) groups excluding carboxylic acids is 4. The van der Waals surface area contributed by atoms with E-state index < -0.39 is 54.5 Å². The van der Waals surface area contributed by atoms with E-state index in [1.54, 1.807) is 24.3 Å². The molecule has 1 amide bonds. The number of hydrogen-bond acceptors (Lipinski definition) is 10. The molecule has 0 aromatic heterocycles. The Balaban J connectivity index is 2.48. The highest BCUT2D eigenvalue weighted by atomic mass is 16.7. The van der Waals surface area contributed by atoms with Crippen LogP contribution in [0.1, 0.15) is 27.7 Å². The van der Waals surface area contributed by atoms with Crippen molar-refractivity contribution in [3.63, 3.8) is 0 Å². The van der Waals surface area contributed by atoms with E-state index in [1.165, 1.54) is 34.8 Å².